The molecular formula is C21H21N3O6S3. The molecule has 0 aliphatic heterocycles. The molecule has 0 fully saturated rings. The van der Waals surface area contributed by atoms with Gasteiger partial charge in [0.15, 0.2) is 5.16 Å². The highest BCUT2D eigenvalue weighted by molar-refractivity contribution is 7.99. The molecular weight excluding hydrogens is 486 g/mol. The molecule has 174 valence electrons. The maximum atomic E-state index is 12.7. The predicted octanol–water partition coefficient (Wildman–Crippen LogP) is 3.54. The zero-order valence-electron chi connectivity index (χ0n) is 18.2. The zero-order valence-corrected chi connectivity index (χ0v) is 20.6. The number of aryl methyl sites for hydroxylation is 2. The van der Waals surface area contributed by atoms with Crippen LogP contribution in [-0.2, 0) is 27.1 Å². The summed E-state index contributed by atoms with van der Waals surface area (Å²) in [7, 11) is 2.46. The minimum Gasteiger partial charge on any atom is -0.465 e. The number of rotatable bonds is 6. The molecule has 3 aromatic rings. The van der Waals surface area contributed by atoms with E-state index in [0.29, 0.717) is 20.9 Å². The van der Waals surface area contributed by atoms with E-state index in [9.17, 15) is 19.2 Å². The monoisotopic (exact) mass is 507 g/mol. The Morgan fingerprint density at radius 2 is 1.85 bits per heavy atom. The minimum absolute atomic E-state index is 0.0509. The number of anilines is 1. The van der Waals surface area contributed by atoms with Gasteiger partial charge in [-0.05, 0) is 43.7 Å². The van der Waals surface area contributed by atoms with Crippen molar-refractivity contribution in [2.45, 2.75) is 37.8 Å². The number of methoxy groups -OCH3 is 2. The van der Waals surface area contributed by atoms with Crippen molar-refractivity contribution in [1.82, 2.24) is 9.97 Å². The number of nitrogens with zero attached hydrogens (tertiary/aromatic N) is 1. The third-order valence-corrected chi connectivity index (χ3v) is 8.55. The average Bonchev–Trinajstić information content (AvgIpc) is 3.34. The van der Waals surface area contributed by atoms with E-state index < -0.39 is 17.8 Å². The fourth-order valence-electron chi connectivity index (χ4n) is 3.75. The fraction of sp³-hybridized carbons (Fsp3) is 0.381. The van der Waals surface area contributed by atoms with Crippen molar-refractivity contribution >= 4 is 67.5 Å². The number of nitrogens with one attached hydrogen (secondary N) is 2. The first-order chi connectivity index (χ1) is 15.8. The molecule has 0 saturated carbocycles. The van der Waals surface area contributed by atoms with Crippen LogP contribution >= 0.6 is 34.4 Å². The number of carbonyl (C=O) groups excluding carboxylic acids is 3. The van der Waals surface area contributed by atoms with Crippen LogP contribution in [0, 0.1) is 6.92 Å². The van der Waals surface area contributed by atoms with Crippen LogP contribution in [0.15, 0.2) is 9.95 Å². The van der Waals surface area contributed by atoms with Crippen LogP contribution in [0.3, 0.4) is 0 Å². The van der Waals surface area contributed by atoms with Gasteiger partial charge >= 0.3 is 11.9 Å². The van der Waals surface area contributed by atoms with Crippen molar-refractivity contribution in [2.24, 2.45) is 0 Å². The van der Waals surface area contributed by atoms with Gasteiger partial charge in [0.2, 0.25) is 5.91 Å². The number of hydrogen-bond donors (Lipinski definition) is 2. The van der Waals surface area contributed by atoms with E-state index in [-0.39, 0.29) is 26.8 Å². The van der Waals surface area contributed by atoms with Crippen LogP contribution in [-0.4, -0.2) is 47.8 Å². The number of amides is 1. The van der Waals surface area contributed by atoms with Crippen LogP contribution in [0.4, 0.5) is 5.00 Å². The molecule has 4 rings (SSSR count). The first-order valence-electron chi connectivity index (χ1n) is 10.1. The van der Waals surface area contributed by atoms with Crippen molar-refractivity contribution in [3.8, 4) is 0 Å². The van der Waals surface area contributed by atoms with Gasteiger partial charge in [0.05, 0.1) is 30.9 Å². The van der Waals surface area contributed by atoms with Crippen LogP contribution in [0.5, 0.6) is 0 Å². The second-order valence-electron chi connectivity index (χ2n) is 7.34. The predicted molar refractivity (Wildman–Crippen MR) is 128 cm³/mol. The quantitative estimate of drug-likeness (QED) is 0.295. The lowest BCUT2D eigenvalue weighted by Gasteiger charge is -2.09. The smallest absolute Gasteiger partial charge is 0.348 e. The molecule has 12 heteroatoms. The maximum Gasteiger partial charge on any atom is 0.348 e. The second kappa shape index (κ2) is 9.65. The molecule has 0 spiro atoms. The van der Waals surface area contributed by atoms with Gasteiger partial charge in [0.1, 0.15) is 14.7 Å². The van der Waals surface area contributed by atoms with Crippen LogP contribution in [0.2, 0.25) is 0 Å². The molecule has 1 amide bonds. The SMILES string of the molecule is COC(=O)c1sc(NC(=O)CSc2nc3sc4c(c3c(=O)[nH]2)CCCC4)c(C(=O)OC)c1C. The Morgan fingerprint density at radius 1 is 1.12 bits per heavy atom. The number of fused-ring (bicyclic) bond motifs is 3. The largest absolute Gasteiger partial charge is 0.465 e. The Morgan fingerprint density at radius 3 is 2.58 bits per heavy atom. The van der Waals surface area contributed by atoms with E-state index >= 15 is 0 Å². The van der Waals surface area contributed by atoms with E-state index in [1.165, 1.54) is 19.1 Å². The zero-order chi connectivity index (χ0) is 23.7. The minimum atomic E-state index is -0.667. The van der Waals surface area contributed by atoms with E-state index in [2.05, 4.69) is 15.3 Å². The third kappa shape index (κ3) is 4.55. The lowest BCUT2D eigenvalue weighted by atomic mass is 9.97. The summed E-state index contributed by atoms with van der Waals surface area (Å²) in [6.07, 6.45) is 4.05. The normalized spacial score (nSPS) is 12.9. The number of aromatic amines is 1. The average molecular weight is 508 g/mol. The number of H-pyrrole nitrogens is 1. The molecule has 0 unspecified atom stereocenters. The first kappa shape index (κ1) is 23.5. The number of aromatic nitrogens is 2. The number of ether oxygens (including phenoxy) is 2. The van der Waals surface area contributed by atoms with Gasteiger partial charge in [-0.3, -0.25) is 9.59 Å². The van der Waals surface area contributed by atoms with Gasteiger partial charge in [-0.1, -0.05) is 11.8 Å². The lowest BCUT2D eigenvalue weighted by Crippen LogP contribution is -2.17. The van der Waals surface area contributed by atoms with Crippen molar-refractivity contribution in [2.75, 3.05) is 25.3 Å². The molecule has 33 heavy (non-hydrogen) atoms. The van der Waals surface area contributed by atoms with Gasteiger partial charge in [-0.2, -0.15) is 0 Å². The standard InChI is InChI=1S/C21H21N3O6S3/c1-9-13(19(27)29-2)17(33-15(9)20(28)30-3)22-12(25)8-31-21-23-16(26)14-10-6-4-5-7-11(10)32-18(14)24-21/h4-8H2,1-3H3,(H,22,25)(H,23,24,26). The number of thioether (sulfide) groups is 1. The molecule has 1 aliphatic carbocycles. The first-order valence-corrected chi connectivity index (χ1v) is 12.7. The number of esters is 2. The van der Waals surface area contributed by atoms with Crippen LogP contribution < -0.4 is 10.9 Å². The fourth-order valence-corrected chi connectivity index (χ4v) is 6.86. The van der Waals surface area contributed by atoms with Gasteiger partial charge in [-0.25, -0.2) is 14.6 Å². The van der Waals surface area contributed by atoms with E-state index in [4.69, 9.17) is 9.47 Å². The number of hydrogen-bond acceptors (Lipinski definition) is 10. The summed E-state index contributed by atoms with van der Waals surface area (Å²) in [6.45, 7) is 1.59. The van der Waals surface area contributed by atoms with Gasteiger partial charge < -0.3 is 19.8 Å². The summed E-state index contributed by atoms with van der Waals surface area (Å²) in [5, 5.41) is 3.88. The van der Waals surface area contributed by atoms with Crippen molar-refractivity contribution in [3.63, 3.8) is 0 Å². The van der Waals surface area contributed by atoms with E-state index in [1.54, 1.807) is 18.3 Å². The molecule has 2 N–H and O–H groups in total. The lowest BCUT2D eigenvalue weighted by molar-refractivity contribution is -0.113. The highest BCUT2D eigenvalue weighted by Gasteiger charge is 2.27. The van der Waals surface area contributed by atoms with Crippen LogP contribution in [0.25, 0.3) is 10.2 Å². The summed E-state index contributed by atoms with van der Waals surface area (Å²) in [4.78, 5) is 58.9. The van der Waals surface area contributed by atoms with Gasteiger partial charge in [0, 0.05) is 4.88 Å². The summed E-state index contributed by atoms with van der Waals surface area (Å²) in [5.41, 5.74) is 1.40. The maximum absolute atomic E-state index is 12.7. The Bertz CT molecular complexity index is 1320. The molecule has 0 radical (unpaired) electrons. The highest BCUT2D eigenvalue weighted by atomic mass is 32.2. The topological polar surface area (TPSA) is 127 Å². The third-order valence-electron chi connectivity index (χ3n) is 5.30. The molecule has 3 aromatic heterocycles. The summed E-state index contributed by atoms with van der Waals surface area (Å²) in [6, 6.07) is 0. The molecule has 1 aliphatic rings. The van der Waals surface area contributed by atoms with Gasteiger partial charge in [0.25, 0.3) is 5.56 Å². The van der Waals surface area contributed by atoms with Crippen LogP contribution in [0.1, 0.15) is 48.9 Å². The molecule has 9 nitrogen and oxygen atoms in total. The van der Waals surface area contributed by atoms with Gasteiger partial charge in [-0.15, -0.1) is 22.7 Å². The second-order valence-corrected chi connectivity index (χ2v) is 10.4. The van der Waals surface area contributed by atoms with Crippen molar-refractivity contribution in [3.05, 3.63) is 36.8 Å². The summed E-state index contributed by atoms with van der Waals surface area (Å²) < 4.78 is 9.54. The van der Waals surface area contributed by atoms with Crippen molar-refractivity contribution in [1.29, 1.82) is 0 Å². The van der Waals surface area contributed by atoms with Crippen molar-refractivity contribution < 1.29 is 23.9 Å². The Balaban J connectivity index is 1.52. The highest BCUT2D eigenvalue weighted by Crippen LogP contribution is 2.35. The Kier molecular flexibility index (Phi) is 6.86. The molecule has 0 aromatic carbocycles. The Hall–Kier alpha value is -2.70. The summed E-state index contributed by atoms with van der Waals surface area (Å²) in [5.74, 6) is -1.74. The molecule has 3 heterocycles. The molecule has 0 saturated heterocycles. The number of carbonyl (C=O) groups is 3. The summed E-state index contributed by atoms with van der Waals surface area (Å²) >= 11 is 3.58. The molecule has 0 bridgehead atoms. The van der Waals surface area contributed by atoms with E-state index in [0.717, 1.165) is 54.3 Å². The number of thiophene rings is 2. The molecule has 0 atom stereocenters. The Labute approximate surface area is 200 Å². The van der Waals surface area contributed by atoms with E-state index in [1.807, 2.05) is 0 Å².